The fraction of sp³-hybridized carbons (Fsp3) is 0. The van der Waals surface area contributed by atoms with Gasteiger partial charge in [0.2, 0.25) is 0 Å². The van der Waals surface area contributed by atoms with Gasteiger partial charge in [-0.05, 0) is 29.5 Å². The summed E-state index contributed by atoms with van der Waals surface area (Å²) in [6.45, 7) is 0. The van der Waals surface area contributed by atoms with Crippen LogP contribution in [0.15, 0.2) is 70.6 Å². The van der Waals surface area contributed by atoms with Crippen LogP contribution in [0.2, 0.25) is 0 Å². The van der Waals surface area contributed by atoms with Gasteiger partial charge in [0, 0.05) is 11.0 Å². The fourth-order valence-electron chi connectivity index (χ4n) is 1.42. The Morgan fingerprint density at radius 2 is 1.56 bits per heavy atom. The Hall–Kier alpha value is -2.07. The zero-order valence-electron chi connectivity index (χ0n) is 9.52. The third-order valence-electron chi connectivity index (χ3n) is 2.24. The first kappa shape index (κ1) is 12.4. The standard InChI is InChI=1S/C14H11NO2S/c16-15(17)14(11-12-7-3-1-4-8-12)18-13-9-5-2-6-10-13/h1-11H/b14-11-. The van der Waals surface area contributed by atoms with Crippen molar-refractivity contribution in [2.24, 2.45) is 0 Å². The van der Waals surface area contributed by atoms with E-state index in [9.17, 15) is 10.1 Å². The molecular weight excluding hydrogens is 246 g/mol. The molecule has 2 rings (SSSR count). The van der Waals surface area contributed by atoms with Gasteiger partial charge in [0.15, 0.2) is 0 Å². The maximum atomic E-state index is 11.0. The van der Waals surface area contributed by atoms with E-state index in [2.05, 4.69) is 0 Å². The molecule has 2 aromatic carbocycles. The van der Waals surface area contributed by atoms with E-state index < -0.39 is 0 Å². The molecule has 0 aliphatic rings. The quantitative estimate of drug-likeness (QED) is 0.471. The lowest BCUT2D eigenvalue weighted by Gasteiger charge is -1.99. The van der Waals surface area contributed by atoms with Crippen LogP contribution in [-0.2, 0) is 0 Å². The van der Waals surface area contributed by atoms with E-state index in [0.29, 0.717) is 0 Å². The minimum atomic E-state index is -0.356. The van der Waals surface area contributed by atoms with E-state index in [1.807, 2.05) is 60.7 Å². The summed E-state index contributed by atoms with van der Waals surface area (Å²) in [6.07, 6.45) is 1.58. The third kappa shape index (κ3) is 3.46. The first-order valence-electron chi connectivity index (χ1n) is 5.40. The summed E-state index contributed by atoms with van der Waals surface area (Å²) in [4.78, 5) is 11.5. The topological polar surface area (TPSA) is 43.1 Å². The van der Waals surface area contributed by atoms with Crippen LogP contribution in [0.1, 0.15) is 5.56 Å². The number of benzene rings is 2. The maximum absolute atomic E-state index is 11.0. The number of hydrogen-bond donors (Lipinski definition) is 0. The van der Waals surface area contributed by atoms with Gasteiger partial charge in [0.05, 0.1) is 4.92 Å². The highest BCUT2D eigenvalue weighted by Gasteiger charge is 2.12. The smallest absolute Gasteiger partial charge is 0.258 e. The first-order valence-corrected chi connectivity index (χ1v) is 6.21. The average molecular weight is 257 g/mol. The Labute approximate surface area is 109 Å². The van der Waals surface area contributed by atoms with Crippen molar-refractivity contribution in [3.05, 3.63) is 81.4 Å². The van der Waals surface area contributed by atoms with Crippen molar-refractivity contribution in [1.29, 1.82) is 0 Å². The highest BCUT2D eigenvalue weighted by Crippen LogP contribution is 2.28. The van der Waals surface area contributed by atoms with E-state index >= 15 is 0 Å². The first-order chi connectivity index (χ1) is 8.75. The predicted molar refractivity (Wildman–Crippen MR) is 73.7 cm³/mol. The van der Waals surface area contributed by atoms with Crippen molar-refractivity contribution in [3.8, 4) is 0 Å². The van der Waals surface area contributed by atoms with Crippen molar-refractivity contribution in [2.45, 2.75) is 4.90 Å². The fourth-order valence-corrected chi connectivity index (χ4v) is 2.22. The van der Waals surface area contributed by atoms with Gasteiger partial charge >= 0.3 is 5.03 Å². The van der Waals surface area contributed by atoms with Crippen LogP contribution >= 0.6 is 11.8 Å². The number of thioether (sulfide) groups is 1. The summed E-state index contributed by atoms with van der Waals surface area (Å²) in [6, 6.07) is 18.6. The SMILES string of the molecule is O=[N+]([O-])/C(=C/c1ccccc1)Sc1ccccc1. The van der Waals surface area contributed by atoms with Crippen LogP contribution < -0.4 is 0 Å². The van der Waals surface area contributed by atoms with Crippen LogP contribution in [0.3, 0.4) is 0 Å². The number of rotatable bonds is 4. The summed E-state index contributed by atoms with van der Waals surface area (Å²) in [7, 11) is 0. The Balaban J connectivity index is 2.25. The Morgan fingerprint density at radius 1 is 1.00 bits per heavy atom. The summed E-state index contributed by atoms with van der Waals surface area (Å²) in [5.41, 5.74) is 0.827. The highest BCUT2D eigenvalue weighted by molar-refractivity contribution is 8.03. The number of hydrogen-bond acceptors (Lipinski definition) is 3. The largest absolute Gasteiger partial charge is 0.308 e. The number of nitrogens with zero attached hydrogens (tertiary/aromatic N) is 1. The van der Waals surface area contributed by atoms with E-state index in [1.54, 1.807) is 6.08 Å². The van der Waals surface area contributed by atoms with Gasteiger partial charge in [-0.2, -0.15) is 0 Å². The van der Waals surface area contributed by atoms with Crippen molar-refractivity contribution in [3.63, 3.8) is 0 Å². The van der Waals surface area contributed by atoms with E-state index in [-0.39, 0.29) is 9.95 Å². The molecule has 0 N–H and O–H groups in total. The zero-order valence-corrected chi connectivity index (χ0v) is 10.3. The molecule has 4 heteroatoms. The maximum Gasteiger partial charge on any atom is 0.308 e. The second-order valence-corrected chi connectivity index (χ2v) is 4.66. The molecule has 0 aliphatic heterocycles. The molecule has 0 saturated heterocycles. The van der Waals surface area contributed by atoms with Crippen molar-refractivity contribution < 1.29 is 4.92 Å². The minimum absolute atomic E-state index is 0.118. The summed E-state index contributed by atoms with van der Waals surface area (Å²) < 4.78 is 0. The van der Waals surface area contributed by atoms with Crippen molar-refractivity contribution in [2.75, 3.05) is 0 Å². The molecule has 2 aromatic rings. The van der Waals surface area contributed by atoms with Crippen molar-refractivity contribution >= 4 is 17.8 Å². The zero-order chi connectivity index (χ0) is 12.8. The predicted octanol–water partition coefficient (Wildman–Crippen LogP) is 4.05. The molecule has 18 heavy (non-hydrogen) atoms. The Morgan fingerprint density at radius 3 is 2.11 bits per heavy atom. The van der Waals surface area contributed by atoms with Gasteiger partial charge in [-0.1, -0.05) is 48.5 Å². The molecule has 0 radical (unpaired) electrons. The summed E-state index contributed by atoms with van der Waals surface area (Å²) in [5, 5.41) is 11.1. The molecule has 0 atom stereocenters. The molecule has 0 unspecified atom stereocenters. The molecule has 3 nitrogen and oxygen atoms in total. The highest BCUT2D eigenvalue weighted by atomic mass is 32.2. The molecular formula is C14H11NO2S. The molecule has 0 saturated carbocycles. The van der Waals surface area contributed by atoms with E-state index in [4.69, 9.17) is 0 Å². The third-order valence-corrected chi connectivity index (χ3v) is 3.22. The van der Waals surface area contributed by atoms with Crippen molar-refractivity contribution in [1.82, 2.24) is 0 Å². The molecule has 0 bridgehead atoms. The lowest BCUT2D eigenvalue weighted by atomic mass is 10.2. The van der Waals surface area contributed by atoms with Gasteiger partial charge in [0.25, 0.3) is 0 Å². The van der Waals surface area contributed by atoms with Gasteiger partial charge < -0.3 is 0 Å². The molecule has 0 aromatic heterocycles. The van der Waals surface area contributed by atoms with Crippen LogP contribution in [0.5, 0.6) is 0 Å². The Kier molecular flexibility index (Phi) is 4.15. The molecule has 0 fully saturated rings. The lowest BCUT2D eigenvalue weighted by Crippen LogP contribution is -1.94. The Bertz CT molecular complexity index is 553. The molecule has 90 valence electrons. The van der Waals surface area contributed by atoms with Crippen LogP contribution in [0.4, 0.5) is 0 Å². The van der Waals surface area contributed by atoms with Gasteiger partial charge in [-0.3, -0.25) is 10.1 Å². The minimum Gasteiger partial charge on any atom is -0.258 e. The molecule has 0 heterocycles. The molecule has 0 aliphatic carbocycles. The van der Waals surface area contributed by atoms with Gasteiger partial charge in [-0.25, -0.2) is 0 Å². The number of nitro groups is 1. The second kappa shape index (κ2) is 6.02. The normalized spacial score (nSPS) is 11.2. The lowest BCUT2D eigenvalue weighted by molar-refractivity contribution is -0.408. The monoisotopic (exact) mass is 257 g/mol. The summed E-state index contributed by atoms with van der Waals surface area (Å²) in [5.74, 6) is 0. The van der Waals surface area contributed by atoms with Crippen LogP contribution in [0.25, 0.3) is 6.08 Å². The van der Waals surface area contributed by atoms with Crippen LogP contribution in [-0.4, -0.2) is 4.92 Å². The van der Waals surface area contributed by atoms with E-state index in [0.717, 1.165) is 22.2 Å². The summed E-state index contributed by atoms with van der Waals surface area (Å²) >= 11 is 1.15. The van der Waals surface area contributed by atoms with Crippen LogP contribution in [0, 0.1) is 10.1 Å². The molecule has 0 amide bonds. The average Bonchev–Trinajstić information content (AvgIpc) is 2.40. The molecule has 0 spiro atoms. The van der Waals surface area contributed by atoms with Gasteiger partial charge in [0.1, 0.15) is 0 Å². The van der Waals surface area contributed by atoms with E-state index in [1.165, 1.54) is 0 Å². The second-order valence-electron chi connectivity index (χ2n) is 3.57. The van der Waals surface area contributed by atoms with Gasteiger partial charge in [-0.15, -0.1) is 0 Å².